The zero-order chi connectivity index (χ0) is 14.4. The normalized spacial score (nSPS) is 10.1. The van der Waals surface area contributed by atoms with Gasteiger partial charge in [0.2, 0.25) is 0 Å². The van der Waals surface area contributed by atoms with E-state index >= 15 is 0 Å². The first kappa shape index (κ1) is 14.2. The minimum atomic E-state index is -0.502. The van der Waals surface area contributed by atoms with Crippen molar-refractivity contribution in [2.24, 2.45) is 0 Å². The highest BCUT2D eigenvalue weighted by molar-refractivity contribution is 6.32. The van der Waals surface area contributed by atoms with Gasteiger partial charge in [-0.25, -0.2) is 4.79 Å². The molecule has 2 rings (SSSR count). The number of hydrogen-bond acceptors (Lipinski definition) is 3. The van der Waals surface area contributed by atoms with Crippen molar-refractivity contribution in [2.75, 3.05) is 0 Å². The van der Waals surface area contributed by atoms with Crippen LogP contribution >= 0.6 is 11.6 Å². The molecule has 4 nitrogen and oxygen atoms in total. The van der Waals surface area contributed by atoms with Gasteiger partial charge in [-0.15, -0.1) is 0 Å². The van der Waals surface area contributed by atoms with E-state index in [0.717, 1.165) is 11.1 Å². The Balaban J connectivity index is 1.79. The van der Waals surface area contributed by atoms with Crippen LogP contribution < -0.4 is 5.32 Å². The number of aromatic hydroxyl groups is 1. The summed E-state index contributed by atoms with van der Waals surface area (Å²) in [5, 5.41) is 12.2. The fraction of sp³-hybridized carbons (Fsp3) is 0.133. The van der Waals surface area contributed by atoms with Crippen LogP contribution in [0.2, 0.25) is 5.02 Å². The number of alkyl carbamates (subject to hydrolysis) is 1. The van der Waals surface area contributed by atoms with Crippen LogP contribution in [0.1, 0.15) is 11.1 Å². The molecule has 2 aromatic rings. The molecule has 5 heteroatoms. The molecule has 0 fully saturated rings. The fourth-order valence-electron chi connectivity index (χ4n) is 1.61. The molecule has 0 saturated carbocycles. The number of carbonyl (C=O) groups excluding carboxylic acids is 1. The summed E-state index contributed by atoms with van der Waals surface area (Å²) in [6.07, 6.45) is -0.502. The number of nitrogens with one attached hydrogen (secondary N) is 1. The minimum Gasteiger partial charge on any atom is -0.506 e. The van der Waals surface area contributed by atoms with Gasteiger partial charge in [0.15, 0.2) is 0 Å². The largest absolute Gasteiger partial charge is 0.506 e. The lowest BCUT2D eigenvalue weighted by atomic mass is 10.2. The van der Waals surface area contributed by atoms with Crippen molar-refractivity contribution < 1.29 is 14.6 Å². The number of phenolic OH excluding ortho intramolecular Hbond substituents is 1. The Labute approximate surface area is 122 Å². The molecule has 2 N–H and O–H groups in total. The van der Waals surface area contributed by atoms with Gasteiger partial charge in [-0.1, -0.05) is 48.0 Å². The highest BCUT2D eigenvalue weighted by Crippen LogP contribution is 2.23. The summed E-state index contributed by atoms with van der Waals surface area (Å²) >= 11 is 5.78. The van der Waals surface area contributed by atoms with Gasteiger partial charge in [-0.2, -0.15) is 0 Å². The molecular weight excluding hydrogens is 278 g/mol. The second-order valence-electron chi connectivity index (χ2n) is 4.20. The lowest BCUT2D eigenvalue weighted by molar-refractivity contribution is 0.139. The second kappa shape index (κ2) is 6.82. The smallest absolute Gasteiger partial charge is 0.407 e. The van der Waals surface area contributed by atoms with Crippen molar-refractivity contribution in [3.8, 4) is 5.75 Å². The third kappa shape index (κ3) is 4.17. The molecular formula is C15H14ClNO3. The number of rotatable bonds is 4. The van der Waals surface area contributed by atoms with E-state index in [2.05, 4.69) is 5.32 Å². The van der Waals surface area contributed by atoms with Crippen LogP contribution in [0.4, 0.5) is 4.79 Å². The van der Waals surface area contributed by atoms with Crippen molar-refractivity contribution in [1.82, 2.24) is 5.32 Å². The van der Waals surface area contributed by atoms with Crippen LogP contribution in [-0.2, 0) is 17.9 Å². The Morgan fingerprint density at radius 1 is 1.15 bits per heavy atom. The number of carbonyl (C=O) groups is 1. The van der Waals surface area contributed by atoms with Gasteiger partial charge < -0.3 is 15.2 Å². The predicted octanol–water partition coefficient (Wildman–Crippen LogP) is 3.47. The quantitative estimate of drug-likeness (QED) is 0.907. The molecule has 0 aromatic heterocycles. The van der Waals surface area contributed by atoms with E-state index in [9.17, 15) is 9.90 Å². The number of halogens is 1. The van der Waals surface area contributed by atoms with Crippen molar-refractivity contribution in [3.05, 3.63) is 64.7 Å². The molecule has 20 heavy (non-hydrogen) atoms. The van der Waals surface area contributed by atoms with Crippen LogP contribution in [0.5, 0.6) is 5.75 Å². The molecule has 0 spiro atoms. The van der Waals surface area contributed by atoms with Gasteiger partial charge in [-0.05, 0) is 23.3 Å². The highest BCUT2D eigenvalue weighted by Gasteiger charge is 2.04. The number of hydrogen-bond donors (Lipinski definition) is 2. The average molecular weight is 292 g/mol. The molecule has 2 aromatic carbocycles. The molecule has 0 aliphatic rings. The second-order valence-corrected chi connectivity index (χ2v) is 4.61. The third-order valence-corrected chi connectivity index (χ3v) is 2.96. The number of amides is 1. The van der Waals surface area contributed by atoms with Crippen molar-refractivity contribution in [2.45, 2.75) is 13.2 Å². The molecule has 0 bridgehead atoms. The maximum Gasteiger partial charge on any atom is 0.407 e. The summed E-state index contributed by atoms with van der Waals surface area (Å²) in [5.74, 6) is 0.0158. The highest BCUT2D eigenvalue weighted by atomic mass is 35.5. The van der Waals surface area contributed by atoms with Gasteiger partial charge in [0.1, 0.15) is 12.4 Å². The Bertz CT molecular complexity index is 587. The maximum absolute atomic E-state index is 11.5. The van der Waals surface area contributed by atoms with Crippen molar-refractivity contribution in [1.29, 1.82) is 0 Å². The SMILES string of the molecule is O=C(NCc1ccc(O)c(Cl)c1)OCc1ccccc1. The Kier molecular flexibility index (Phi) is 4.85. The summed E-state index contributed by atoms with van der Waals surface area (Å²) in [7, 11) is 0. The monoisotopic (exact) mass is 291 g/mol. The summed E-state index contributed by atoms with van der Waals surface area (Å²) in [6.45, 7) is 0.511. The molecule has 0 saturated heterocycles. The van der Waals surface area contributed by atoms with Gasteiger partial charge in [0, 0.05) is 6.54 Å². The standard InChI is InChI=1S/C15H14ClNO3/c16-13-8-12(6-7-14(13)18)9-17-15(19)20-10-11-4-2-1-3-5-11/h1-8,18H,9-10H2,(H,17,19). The van der Waals surface area contributed by atoms with E-state index < -0.39 is 6.09 Å². The predicted molar refractivity (Wildman–Crippen MR) is 76.6 cm³/mol. The Morgan fingerprint density at radius 2 is 1.90 bits per heavy atom. The Morgan fingerprint density at radius 3 is 2.60 bits per heavy atom. The summed E-state index contributed by atoms with van der Waals surface area (Å²) < 4.78 is 5.07. The van der Waals surface area contributed by atoms with Crippen LogP contribution in [0.25, 0.3) is 0 Å². The van der Waals surface area contributed by atoms with E-state index in [1.807, 2.05) is 30.3 Å². The maximum atomic E-state index is 11.5. The average Bonchev–Trinajstić information content (AvgIpc) is 2.47. The fourth-order valence-corrected chi connectivity index (χ4v) is 1.81. The summed E-state index contributed by atoms with van der Waals surface area (Å²) in [5.41, 5.74) is 1.71. The number of phenols is 1. The summed E-state index contributed by atoms with van der Waals surface area (Å²) in [6, 6.07) is 14.2. The van der Waals surface area contributed by atoms with Gasteiger partial charge in [0.05, 0.1) is 5.02 Å². The summed E-state index contributed by atoms with van der Waals surface area (Å²) in [4.78, 5) is 11.5. The van der Waals surface area contributed by atoms with Crippen LogP contribution in [0.3, 0.4) is 0 Å². The molecule has 0 aliphatic carbocycles. The van der Waals surface area contributed by atoms with Crippen molar-refractivity contribution in [3.63, 3.8) is 0 Å². The first-order chi connectivity index (χ1) is 9.65. The molecule has 1 amide bonds. The molecule has 0 aliphatic heterocycles. The minimum absolute atomic E-state index is 0.0158. The van der Waals surface area contributed by atoms with E-state index in [1.54, 1.807) is 12.1 Å². The molecule has 104 valence electrons. The van der Waals surface area contributed by atoms with E-state index in [1.165, 1.54) is 6.07 Å². The van der Waals surface area contributed by atoms with E-state index in [4.69, 9.17) is 16.3 Å². The zero-order valence-electron chi connectivity index (χ0n) is 10.7. The molecule has 0 heterocycles. The first-order valence-corrected chi connectivity index (χ1v) is 6.45. The van der Waals surface area contributed by atoms with Crippen LogP contribution in [0, 0.1) is 0 Å². The van der Waals surface area contributed by atoms with E-state index in [-0.39, 0.29) is 23.9 Å². The lowest BCUT2D eigenvalue weighted by Gasteiger charge is -2.07. The molecule has 0 atom stereocenters. The first-order valence-electron chi connectivity index (χ1n) is 6.07. The van der Waals surface area contributed by atoms with Gasteiger partial charge in [0.25, 0.3) is 0 Å². The topological polar surface area (TPSA) is 58.6 Å². The Hall–Kier alpha value is -2.20. The van der Waals surface area contributed by atoms with Gasteiger partial charge in [-0.3, -0.25) is 0 Å². The van der Waals surface area contributed by atoms with Gasteiger partial charge >= 0.3 is 6.09 Å². The zero-order valence-corrected chi connectivity index (χ0v) is 11.4. The van der Waals surface area contributed by atoms with Crippen LogP contribution in [-0.4, -0.2) is 11.2 Å². The molecule has 0 radical (unpaired) electrons. The van der Waals surface area contributed by atoms with Crippen molar-refractivity contribution >= 4 is 17.7 Å². The third-order valence-electron chi connectivity index (χ3n) is 2.66. The van der Waals surface area contributed by atoms with E-state index in [0.29, 0.717) is 0 Å². The lowest BCUT2D eigenvalue weighted by Crippen LogP contribution is -2.23. The number of ether oxygens (including phenoxy) is 1. The van der Waals surface area contributed by atoms with Crippen LogP contribution in [0.15, 0.2) is 48.5 Å². The number of benzene rings is 2. The molecule has 0 unspecified atom stereocenters.